The molecule has 0 fully saturated rings. The quantitative estimate of drug-likeness (QED) is 0.495. The summed E-state index contributed by atoms with van der Waals surface area (Å²) < 4.78 is 27.8. The predicted octanol–water partition coefficient (Wildman–Crippen LogP) is 3.31. The van der Waals surface area contributed by atoms with E-state index in [2.05, 4.69) is 0 Å². The van der Waals surface area contributed by atoms with E-state index >= 15 is 0 Å². The van der Waals surface area contributed by atoms with Gasteiger partial charge >= 0.3 is 13.6 Å². The average Bonchev–Trinajstić information content (AvgIpc) is 2.48. The number of hydrogen-bond donors (Lipinski definition) is 1. The Hall–Kier alpha value is -1.20. The monoisotopic (exact) mass is 330 g/mol. The van der Waals surface area contributed by atoms with Gasteiger partial charge in [0, 0.05) is 6.61 Å². The fourth-order valence-electron chi connectivity index (χ4n) is 1.95. The van der Waals surface area contributed by atoms with Crippen LogP contribution in [-0.2, 0) is 29.6 Å². The summed E-state index contributed by atoms with van der Waals surface area (Å²) in [6, 6.07) is 9.78. The maximum Gasteiger partial charge on any atom is 0.370 e. The zero-order valence-corrected chi connectivity index (χ0v) is 13.8. The van der Waals surface area contributed by atoms with Gasteiger partial charge in [-0.3, -0.25) is 4.57 Å². The molecule has 0 heterocycles. The van der Waals surface area contributed by atoms with Crippen LogP contribution in [0.4, 0.5) is 0 Å². The molecular weight excluding hydrogens is 307 g/mol. The minimum atomic E-state index is -3.82. The highest BCUT2D eigenvalue weighted by Gasteiger charge is 2.42. The SMILES string of the molecule is CCOP(=O)(OCC)C(OCCCc1ccccc1)C(=O)O. The van der Waals surface area contributed by atoms with Crippen LogP contribution in [0.3, 0.4) is 0 Å². The first-order valence-electron chi connectivity index (χ1n) is 7.30. The van der Waals surface area contributed by atoms with E-state index in [1.807, 2.05) is 30.3 Å². The second-order valence-electron chi connectivity index (χ2n) is 4.53. The van der Waals surface area contributed by atoms with Crippen LogP contribution in [0.15, 0.2) is 30.3 Å². The van der Waals surface area contributed by atoms with Crippen LogP contribution < -0.4 is 0 Å². The molecule has 1 aromatic rings. The first kappa shape index (κ1) is 18.8. The second kappa shape index (κ2) is 9.74. The molecule has 0 aliphatic heterocycles. The van der Waals surface area contributed by atoms with E-state index in [4.69, 9.17) is 13.8 Å². The normalized spacial score (nSPS) is 13.0. The summed E-state index contributed by atoms with van der Waals surface area (Å²) in [5.41, 5.74) is 1.13. The highest BCUT2D eigenvalue weighted by Crippen LogP contribution is 2.53. The van der Waals surface area contributed by atoms with E-state index in [1.165, 1.54) is 0 Å². The van der Waals surface area contributed by atoms with E-state index in [-0.39, 0.29) is 19.8 Å². The molecule has 1 atom stereocenters. The standard InChI is InChI=1S/C15H23O6P/c1-3-20-22(18,21-4-2)15(14(16)17)19-12-8-11-13-9-6-5-7-10-13/h5-7,9-10,15H,3-4,8,11-12H2,1-2H3,(H,16,17). The summed E-state index contributed by atoms with van der Waals surface area (Å²) in [7, 11) is -3.82. The van der Waals surface area contributed by atoms with E-state index < -0.39 is 19.4 Å². The highest BCUT2D eigenvalue weighted by molar-refractivity contribution is 7.55. The number of hydrogen-bond acceptors (Lipinski definition) is 5. The van der Waals surface area contributed by atoms with Crippen molar-refractivity contribution in [3.63, 3.8) is 0 Å². The molecule has 0 radical (unpaired) electrons. The second-order valence-corrected chi connectivity index (χ2v) is 6.59. The van der Waals surface area contributed by atoms with Gasteiger partial charge < -0.3 is 18.9 Å². The molecule has 0 saturated carbocycles. The van der Waals surface area contributed by atoms with Crippen molar-refractivity contribution in [1.82, 2.24) is 0 Å². The Morgan fingerprint density at radius 3 is 2.27 bits per heavy atom. The molecule has 0 amide bonds. The van der Waals surface area contributed by atoms with Gasteiger partial charge in [0.05, 0.1) is 13.2 Å². The molecule has 1 N–H and O–H groups in total. The van der Waals surface area contributed by atoms with Crippen molar-refractivity contribution in [3.8, 4) is 0 Å². The molecule has 7 heteroatoms. The van der Waals surface area contributed by atoms with Gasteiger partial charge in [-0.05, 0) is 32.3 Å². The molecule has 6 nitrogen and oxygen atoms in total. The van der Waals surface area contributed by atoms with Crippen LogP contribution in [-0.4, -0.2) is 36.7 Å². The van der Waals surface area contributed by atoms with Gasteiger partial charge in [-0.1, -0.05) is 30.3 Å². The lowest BCUT2D eigenvalue weighted by molar-refractivity contribution is -0.146. The fourth-order valence-corrected chi connectivity index (χ4v) is 3.57. The van der Waals surface area contributed by atoms with Gasteiger partial charge in [0.25, 0.3) is 5.85 Å². The Morgan fingerprint density at radius 2 is 1.77 bits per heavy atom. The number of rotatable bonds is 11. The fraction of sp³-hybridized carbons (Fsp3) is 0.533. The molecule has 0 aliphatic carbocycles. The zero-order valence-electron chi connectivity index (χ0n) is 12.9. The van der Waals surface area contributed by atoms with Crippen LogP contribution in [0, 0.1) is 0 Å². The lowest BCUT2D eigenvalue weighted by Gasteiger charge is -2.23. The summed E-state index contributed by atoms with van der Waals surface area (Å²) in [6.07, 6.45) is 1.37. The average molecular weight is 330 g/mol. The van der Waals surface area contributed by atoms with Crippen molar-refractivity contribution in [1.29, 1.82) is 0 Å². The van der Waals surface area contributed by atoms with E-state index in [1.54, 1.807) is 13.8 Å². The minimum Gasteiger partial charge on any atom is -0.479 e. The number of ether oxygens (including phenoxy) is 1. The number of benzene rings is 1. The molecule has 1 rings (SSSR count). The van der Waals surface area contributed by atoms with E-state index in [0.717, 1.165) is 12.0 Å². The maximum absolute atomic E-state index is 12.5. The zero-order chi connectivity index (χ0) is 16.4. The summed E-state index contributed by atoms with van der Waals surface area (Å²) in [5, 5.41) is 9.22. The van der Waals surface area contributed by atoms with Gasteiger partial charge in [0.2, 0.25) is 0 Å². The van der Waals surface area contributed by atoms with Gasteiger partial charge in [-0.15, -0.1) is 0 Å². The largest absolute Gasteiger partial charge is 0.479 e. The Balaban J connectivity index is 2.56. The number of carboxylic acids is 1. The van der Waals surface area contributed by atoms with Gasteiger partial charge in [0.15, 0.2) is 0 Å². The number of aliphatic carboxylic acids is 1. The Morgan fingerprint density at radius 1 is 1.18 bits per heavy atom. The highest BCUT2D eigenvalue weighted by atomic mass is 31.2. The Labute approximate surface area is 130 Å². The first-order chi connectivity index (χ1) is 10.5. The molecule has 0 bridgehead atoms. The van der Waals surface area contributed by atoms with Gasteiger partial charge in [-0.2, -0.15) is 0 Å². The summed E-state index contributed by atoms with van der Waals surface area (Å²) in [6.45, 7) is 3.60. The van der Waals surface area contributed by atoms with Crippen molar-refractivity contribution in [2.24, 2.45) is 0 Å². The maximum atomic E-state index is 12.5. The first-order valence-corrected chi connectivity index (χ1v) is 8.91. The van der Waals surface area contributed by atoms with Crippen LogP contribution in [0.25, 0.3) is 0 Å². The van der Waals surface area contributed by atoms with Crippen molar-refractivity contribution in [2.75, 3.05) is 19.8 Å². The number of aryl methyl sites for hydroxylation is 1. The lowest BCUT2D eigenvalue weighted by Crippen LogP contribution is -2.27. The molecule has 1 unspecified atom stereocenters. The van der Waals surface area contributed by atoms with Crippen LogP contribution in [0.2, 0.25) is 0 Å². The molecule has 1 aromatic carbocycles. The lowest BCUT2D eigenvalue weighted by atomic mass is 10.1. The molecule has 124 valence electrons. The van der Waals surface area contributed by atoms with Crippen LogP contribution >= 0.6 is 7.60 Å². The van der Waals surface area contributed by atoms with Crippen molar-refractivity contribution in [2.45, 2.75) is 32.5 Å². The summed E-state index contributed by atoms with van der Waals surface area (Å²) >= 11 is 0. The molecule has 0 aromatic heterocycles. The van der Waals surface area contributed by atoms with E-state index in [0.29, 0.717) is 6.42 Å². The number of carboxylic acid groups (broad SMARTS) is 1. The van der Waals surface area contributed by atoms with Crippen molar-refractivity contribution < 1.29 is 28.3 Å². The third-order valence-corrected chi connectivity index (χ3v) is 5.03. The van der Waals surface area contributed by atoms with Crippen molar-refractivity contribution >= 4 is 13.6 Å². The molecule has 22 heavy (non-hydrogen) atoms. The van der Waals surface area contributed by atoms with Gasteiger partial charge in [-0.25, -0.2) is 4.79 Å². The Kier molecular flexibility index (Phi) is 8.35. The Bertz CT molecular complexity index is 480. The minimum absolute atomic E-state index is 0.0917. The van der Waals surface area contributed by atoms with Crippen molar-refractivity contribution in [3.05, 3.63) is 35.9 Å². The summed E-state index contributed by atoms with van der Waals surface area (Å²) in [4.78, 5) is 11.3. The molecule has 0 saturated heterocycles. The molecular formula is C15H23O6P. The third-order valence-electron chi connectivity index (χ3n) is 2.84. The molecule has 0 aliphatic rings. The third kappa shape index (κ3) is 5.89. The smallest absolute Gasteiger partial charge is 0.370 e. The molecule has 0 spiro atoms. The number of carbonyl (C=O) groups is 1. The predicted molar refractivity (Wildman–Crippen MR) is 83.0 cm³/mol. The summed E-state index contributed by atoms with van der Waals surface area (Å²) in [5.74, 6) is -2.94. The van der Waals surface area contributed by atoms with Crippen LogP contribution in [0.1, 0.15) is 25.8 Å². The topological polar surface area (TPSA) is 82.1 Å². The van der Waals surface area contributed by atoms with E-state index in [9.17, 15) is 14.5 Å². The van der Waals surface area contributed by atoms with Crippen LogP contribution in [0.5, 0.6) is 0 Å². The van der Waals surface area contributed by atoms with Gasteiger partial charge in [0.1, 0.15) is 0 Å².